The van der Waals surface area contributed by atoms with E-state index in [4.69, 9.17) is 14.2 Å². The van der Waals surface area contributed by atoms with E-state index in [1.807, 2.05) is 25.1 Å². The first-order chi connectivity index (χ1) is 7.69. The first-order valence-corrected chi connectivity index (χ1v) is 5.19. The number of ether oxygens (including phenoxy) is 3. The van der Waals surface area contributed by atoms with Crippen LogP contribution < -0.4 is 4.74 Å². The van der Waals surface area contributed by atoms with Gasteiger partial charge < -0.3 is 19.3 Å². The average Bonchev–Trinajstić information content (AvgIpc) is 2.30. The van der Waals surface area contributed by atoms with Crippen molar-refractivity contribution in [3.8, 4) is 5.75 Å². The third-order valence-electron chi connectivity index (χ3n) is 2.88. The molecule has 0 fully saturated rings. The summed E-state index contributed by atoms with van der Waals surface area (Å²) in [7, 11) is 3.07. The topological polar surface area (TPSA) is 47.9 Å². The number of aliphatic hydroxyl groups excluding tert-OH is 1. The van der Waals surface area contributed by atoms with Gasteiger partial charge >= 0.3 is 0 Å². The molecular formula is C12H16O4. The van der Waals surface area contributed by atoms with Crippen molar-refractivity contribution in [3.63, 3.8) is 0 Å². The number of methoxy groups -OCH3 is 2. The molecule has 88 valence electrons. The minimum Gasteiger partial charge on any atom is -0.461 e. The van der Waals surface area contributed by atoms with Crippen LogP contribution in [0.5, 0.6) is 5.75 Å². The van der Waals surface area contributed by atoms with Crippen molar-refractivity contribution in [3.05, 3.63) is 29.3 Å². The molecule has 0 bridgehead atoms. The Kier molecular flexibility index (Phi) is 3.14. The lowest BCUT2D eigenvalue weighted by molar-refractivity contribution is -0.186. The lowest BCUT2D eigenvalue weighted by atomic mass is 9.97. The van der Waals surface area contributed by atoms with Gasteiger partial charge in [-0.1, -0.05) is 18.2 Å². The Morgan fingerprint density at radius 3 is 2.62 bits per heavy atom. The second-order valence-electron chi connectivity index (χ2n) is 3.86. The molecule has 3 unspecified atom stereocenters. The summed E-state index contributed by atoms with van der Waals surface area (Å²) in [6.07, 6.45) is -1.80. The second kappa shape index (κ2) is 4.41. The zero-order valence-electron chi connectivity index (χ0n) is 9.64. The summed E-state index contributed by atoms with van der Waals surface area (Å²) >= 11 is 0. The van der Waals surface area contributed by atoms with Crippen LogP contribution in [0.25, 0.3) is 0 Å². The predicted molar refractivity (Wildman–Crippen MR) is 58.4 cm³/mol. The van der Waals surface area contributed by atoms with Gasteiger partial charge in [-0.25, -0.2) is 0 Å². The van der Waals surface area contributed by atoms with Gasteiger partial charge in [-0.05, 0) is 12.5 Å². The van der Waals surface area contributed by atoms with Crippen LogP contribution >= 0.6 is 0 Å². The Hall–Kier alpha value is -1.10. The van der Waals surface area contributed by atoms with Crippen LogP contribution in [-0.4, -0.2) is 31.7 Å². The quantitative estimate of drug-likeness (QED) is 0.825. The van der Waals surface area contributed by atoms with E-state index in [1.165, 1.54) is 14.2 Å². The minimum atomic E-state index is -0.724. The van der Waals surface area contributed by atoms with E-state index in [-0.39, 0.29) is 0 Å². The summed E-state index contributed by atoms with van der Waals surface area (Å²) < 4.78 is 16.1. The molecule has 4 nitrogen and oxygen atoms in total. The summed E-state index contributed by atoms with van der Waals surface area (Å²) in [6.45, 7) is 1.94. The van der Waals surface area contributed by atoms with Gasteiger partial charge in [0.05, 0.1) is 0 Å². The molecular weight excluding hydrogens is 208 g/mol. The molecule has 16 heavy (non-hydrogen) atoms. The normalized spacial score (nSPS) is 28.4. The van der Waals surface area contributed by atoms with Gasteiger partial charge in [0.25, 0.3) is 0 Å². The Morgan fingerprint density at radius 1 is 1.25 bits per heavy atom. The lowest BCUT2D eigenvalue weighted by Crippen LogP contribution is -2.43. The number of fused-ring (bicyclic) bond motifs is 1. The van der Waals surface area contributed by atoms with E-state index in [0.717, 1.165) is 11.1 Å². The average molecular weight is 224 g/mol. The minimum absolute atomic E-state index is 0.501. The van der Waals surface area contributed by atoms with E-state index in [1.54, 1.807) is 0 Å². The van der Waals surface area contributed by atoms with Crippen molar-refractivity contribution < 1.29 is 19.3 Å². The lowest BCUT2D eigenvalue weighted by Gasteiger charge is -2.35. The first kappa shape index (κ1) is 11.4. The molecule has 1 aromatic rings. The summed E-state index contributed by atoms with van der Waals surface area (Å²) in [6, 6.07) is 5.66. The smallest absolute Gasteiger partial charge is 0.229 e. The van der Waals surface area contributed by atoms with Crippen molar-refractivity contribution in [1.29, 1.82) is 0 Å². The molecule has 0 saturated carbocycles. The maximum atomic E-state index is 10.2. The maximum absolute atomic E-state index is 10.2. The van der Waals surface area contributed by atoms with Gasteiger partial charge in [-0.2, -0.15) is 0 Å². The fraction of sp³-hybridized carbons (Fsp3) is 0.500. The Bertz CT molecular complexity index is 377. The molecule has 4 heteroatoms. The summed E-state index contributed by atoms with van der Waals surface area (Å²) in [5, 5.41) is 10.2. The molecule has 0 saturated heterocycles. The van der Waals surface area contributed by atoms with Gasteiger partial charge in [-0.15, -0.1) is 0 Å². The van der Waals surface area contributed by atoms with Crippen LogP contribution in [0.4, 0.5) is 0 Å². The third kappa shape index (κ3) is 1.69. The van der Waals surface area contributed by atoms with E-state index < -0.39 is 18.5 Å². The molecule has 1 aliphatic rings. The highest BCUT2D eigenvalue weighted by Gasteiger charge is 2.38. The molecule has 1 N–H and O–H groups in total. The molecule has 3 atom stereocenters. The fourth-order valence-electron chi connectivity index (χ4n) is 2.00. The predicted octanol–water partition coefficient (Wildman–Crippen LogP) is 1.41. The molecule has 2 rings (SSSR count). The van der Waals surface area contributed by atoms with Crippen LogP contribution in [0.3, 0.4) is 0 Å². The molecule has 1 heterocycles. The molecule has 0 spiro atoms. The maximum Gasteiger partial charge on any atom is 0.229 e. The summed E-state index contributed by atoms with van der Waals surface area (Å²) in [5.41, 5.74) is 1.73. The summed E-state index contributed by atoms with van der Waals surface area (Å²) in [5.74, 6) is 0.690. The number of benzene rings is 1. The fourth-order valence-corrected chi connectivity index (χ4v) is 2.00. The first-order valence-electron chi connectivity index (χ1n) is 5.19. The Labute approximate surface area is 94.8 Å². The van der Waals surface area contributed by atoms with Crippen molar-refractivity contribution in [2.24, 2.45) is 0 Å². The zero-order valence-corrected chi connectivity index (χ0v) is 9.64. The van der Waals surface area contributed by atoms with Gasteiger partial charge in [0.2, 0.25) is 6.29 Å². The van der Waals surface area contributed by atoms with Gasteiger partial charge in [0.15, 0.2) is 0 Å². The zero-order chi connectivity index (χ0) is 11.7. The largest absolute Gasteiger partial charge is 0.461 e. The van der Waals surface area contributed by atoms with Crippen LogP contribution in [0.15, 0.2) is 18.2 Å². The molecule has 0 radical (unpaired) electrons. The van der Waals surface area contributed by atoms with Gasteiger partial charge in [0.1, 0.15) is 18.0 Å². The van der Waals surface area contributed by atoms with E-state index in [2.05, 4.69) is 0 Å². The number of aliphatic hydroxyl groups is 1. The number of hydrogen-bond donors (Lipinski definition) is 1. The molecule has 0 amide bonds. The van der Waals surface area contributed by atoms with Gasteiger partial charge in [-0.3, -0.25) is 0 Å². The van der Waals surface area contributed by atoms with Crippen LogP contribution in [0.2, 0.25) is 0 Å². The molecule has 1 aromatic carbocycles. The van der Waals surface area contributed by atoms with E-state index in [9.17, 15) is 5.11 Å². The number of rotatable bonds is 2. The van der Waals surface area contributed by atoms with Crippen LogP contribution in [0.1, 0.15) is 17.2 Å². The summed E-state index contributed by atoms with van der Waals surface area (Å²) in [4.78, 5) is 0. The van der Waals surface area contributed by atoms with E-state index >= 15 is 0 Å². The standard InChI is InChI=1S/C12H16O4/c1-7-5-4-6-8-9(13)11(14-2)12(15-3)16-10(7)8/h4-6,9,11-13H,1-3H3. The van der Waals surface area contributed by atoms with Crippen molar-refractivity contribution in [1.82, 2.24) is 0 Å². The second-order valence-corrected chi connectivity index (χ2v) is 3.86. The number of para-hydroxylation sites is 1. The SMILES string of the molecule is COC1Oc2c(C)cccc2C(O)C1OC. The van der Waals surface area contributed by atoms with Crippen molar-refractivity contribution >= 4 is 0 Å². The van der Waals surface area contributed by atoms with Crippen molar-refractivity contribution in [2.75, 3.05) is 14.2 Å². The highest BCUT2D eigenvalue weighted by molar-refractivity contribution is 5.44. The number of hydrogen-bond acceptors (Lipinski definition) is 4. The highest BCUT2D eigenvalue weighted by Crippen LogP contribution is 2.38. The molecule has 0 aromatic heterocycles. The Balaban J connectivity index is 2.43. The van der Waals surface area contributed by atoms with Crippen molar-refractivity contribution in [2.45, 2.75) is 25.4 Å². The molecule has 0 aliphatic carbocycles. The van der Waals surface area contributed by atoms with Crippen LogP contribution in [0, 0.1) is 6.92 Å². The third-order valence-corrected chi connectivity index (χ3v) is 2.88. The van der Waals surface area contributed by atoms with Crippen LogP contribution in [-0.2, 0) is 9.47 Å². The Morgan fingerprint density at radius 2 is 2.00 bits per heavy atom. The van der Waals surface area contributed by atoms with Gasteiger partial charge in [0, 0.05) is 19.8 Å². The number of aryl methyl sites for hydroxylation is 1. The van der Waals surface area contributed by atoms with E-state index in [0.29, 0.717) is 5.75 Å². The monoisotopic (exact) mass is 224 g/mol. The highest BCUT2D eigenvalue weighted by atomic mass is 16.7. The molecule has 1 aliphatic heterocycles.